The minimum absolute atomic E-state index is 0.146. The summed E-state index contributed by atoms with van der Waals surface area (Å²) in [7, 11) is 0. The fourth-order valence-electron chi connectivity index (χ4n) is 2.26. The average Bonchev–Trinajstić information content (AvgIpc) is 2.97. The number of rotatable bonds is 7. The summed E-state index contributed by atoms with van der Waals surface area (Å²) < 4.78 is 0. The van der Waals surface area contributed by atoms with E-state index in [1.54, 1.807) is 0 Å². The van der Waals surface area contributed by atoms with E-state index < -0.39 is 0 Å². The summed E-state index contributed by atoms with van der Waals surface area (Å²) in [5.41, 5.74) is 1.19. The molecule has 0 fully saturated rings. The second kappa shape index (κ2) is 7.73. The van der Waals surface area contributed by atoms with Crippen molar-refractivity contribution in [3.05, 3.63) is 42.2 Å². The molecule has 0 bridgehead atoms. The second-order valence-electron chi connectivity index (χ2n) is 6.05. The summed E-state index contributed by atoms with van der Waals surface area (Å²) in [6.45, 7) is 6.45. The maximum Gasteiger partial charge on any atom is 0.273 e. The normalized spacial score (nSPS) is 12.4. The first-order valence-electron chi connectivity index (χ1n) is 7.85. The van der Waals surface area contributed by atoms with E-state index in [0.717, 1.165) is 18.5 Å². The van der Waals surface area contributed by atoms with Crippen molar-refractivity contribution < 1.29 is 4.79 Å². The maximum atomic E-state index is 12.2. The van der Waals surface area contributed by atoms with Gasteiger partial charge in [-0.15, -0.1) is 5.10 Å². The standard InChI is InChI=1S/C17H24N4O/c1-13(2)8-7-9-14(3)19-17(22)16-12-18-21(20-16)15-10-5-4-6-11-15/h4-6,10-14H,7-9H2,1-3H3,(H,19,22). The summed E-state index contributed by atoms with van der Waals surface area (Å²) in [4.78, 5) is 13.6. The largest absolute Gasteiger partial charge is 0.348 e. The van der Waals surface area contributed by atoms with Crippen molar-refractivity contribution in [2.75, 3.05) is 0 Å². The highest BCUT2D eigenvalue weighted by Gasteiger charge is 2.14. The van der Waals surface area contributed by atoms with E-state index in [9.17, 15) is 4.79 Å². The van der Waals surface area contributed by atoms with Gasteiger partial charge in [0, 0.05) is 6.04 Å². The van der Waals surface area contributed by atoms with E-state index in [-0.39, 0.29) is 11.9 Å². The van der Waals surface area contributed by atoms with E-state index in [4.69, 9.17) is 0 Å². The Labute approximate surface area is 131 Å². The molecule has 5 heteroatoms. The van der Waals surface area contributed by atoms with Crippen LogP contribution in [0, 0.1) is 5.92 Å². The number of hydrogen-bond acceptors (Lipinski definition) is 3. The molecule has 118 valence electrons. The van der Waals surface area contributed by atoms with E-state index in [1.807, 2.05) is 37.3 Å². The molecule has 22 heavy (non-hydrogen) atoms. The molecular weight excluding hydrogens is 276 g/mol. The third-order valence-electron chi connectivity index (χ3n) is 3.51. The highest BCUT2D eigenvalue weighted by molar-refractivity contribution is 5.92. The van der Waals surface area contributed by atoms with Gasteiger partial charge in [0.2, 0.25) is 0 Å². The van der Waals surface area contributed by atoms with Crippen molar-refractivity contribution in [3.63, 3.8) is 0 Å². The number of aromatic nitrogens is 3. The topological polar surface area (TPSA) is 59.8 Å². The molecule has 5 nitrogen and oxygen atoms in total. The highest BCUT2D eigenvalue weighted by atomic mass is 16.2. The molecule has 1 unspecified atom stereocenters. The molecule has 1 N–H and O–H groups in total. The lowest BCUT2D eigenvalue weighted by Crippen LogP contribution is -2.32. The van der Waals surface area contributed by atoms with Gasteiger partial charge in [-0.2, -0.15) is 9.90 Å². The van der Waals surface area contributed by atoms with Gasteiger partial charge in [0.05, 0.1) is 11.9 Å². The molecule has 1 aromatic heterocycles. The monoisotopic (exact) mass is 300 g/mol. The Balaban J connectivity index is 1.89. The van der Waals surface area contributed by atoms with Gasteiger partial charge in [-0.25, -0.2) is 0 Å². The molecule has 1 aromatic carbocycles. The van der Waals surface area contributed by atoms with Crippen LogP contribution in [-0.2, 0) is 0 Å². The van der Waals surface area contributed by atoms with E-state index in [0.29, 0.717) is 11.6 Å². The zero-order valence-electron chi connectivity index (χ0n) is 13.5. The van der Waals surface area contributed by atoms with Crippen LogP contribution in [-0.4, -0.2) is 26.9 Å². The van der Waals surface area contributed by atoms with Crippen LogP contribution in [0.25, 0.3) is 5.69 Å². The number of para-hydroxylation sites is 1. The van der Waals surface area contributed by atoms with Gasteiger partial charge in [0.15, 0.2) is 5.69 Å². The SMILES string of the molecule is CC(C)CCCC(C)NC(=O)c1cnn(-c2ccccc2)n1. The van der Waals surface area contributed by atoms with Crippen molar-refractivity contribution >= 4 is 5.91 Å². The third kappa shape index (κ3) is 4.69. The summed E-state index contributed by atoms with van der Waals surface area (Å²) in [6.07, 6.45) is 4.79. The molecule has 1 amide bonds. The lowest BCUT2D eigenvalue weighted by molar-refractivity contribution is 0.0932. The Morgan fingerprint density at radius 3 is 2.59 bits per heavy atom. The summed E-state index contributed by atoms with van der Waals surface area (Å²) in [6, 6.07) is 9.70. The second-order valence-corrected chi connectivity index (χ2v) is 6.05. The summed E-state index contributed by atoms with van der Waals surface area (Å²) in [5.74, 6) is 0.535. The number of nitrogens with one attached hydrogen (secondary N) is 1. The van der Waals surface area contributed by atoms with Gasteiger partial charge in [-0.05, 0) is 31.4 Å². The molecule has 0 aliphatic rings. The fraction of sp³-hybridized carbons (Fsp3) is 0.471. The van der Waals surface area contributed by atoms with Crippen molar-refractivity contribution in [2.24, 2.45) is 5.92 Å². The van der Waals surface area contributed by atoms with Crippen LogP contribution in [0.3, 0.4) is 0 Å². The molecule has 1 heterocycles. The van der Waals surface area contributed by atoms with Crippen LogP contribution >= 0.6 is 0 Å². The summed E-state index contributed by atoms with van der Waals surface area (Å²) >= 11 is 0. The first kappa shape index (κ1) is 16.2. The third-order valence-corrected chi connectivity index (χ3v) is 3.51. The fourth-order valence-corrected chi connectivity index (χ4v) is 2.26. The van der Waals surface area contributed by atoms with Crippen LogP contribution in [0.2, 0.25) is 0 Å². The van der Waals surface area contributed by atoms with Gasteiger partial charge in [-0.1, -0.05) is 44.9 Å². The Bertz CT molecular complexity index is 592. The summed E-state index contributed by atoms with van der Waals surface area (Å²) in [5, 5.41) is 11.4. The zero-order valence-corrected chi connectivity index (χ0v) is 13.5. The number of carbonyl (C=O) groups is 1. The lowest BCUT2D eigenvalue weighted by Gasteiger charge is -2.13. The lowest BCUT2D eigenvalue weighted by atomic mass is 10.0. The van der Waals surface area contributed by atoms with Gasteiger partial charge in [0.1, 0.15) is 0 Å². The molecule has 0 saturated carbocycles. The smallest absolute Gasteiger partial charge is 0.273 e. The Hall–Kier alpha value is -2.17. The van der Waals surface area contributed by atoms with E-state index in [2.05, 4.69) is 29.4 Å². The molecule has 0 spiro atoms. The van der Waals surface area contributed by atoms with Crippen molar-refractivity contribution in [1.82, 2.24) is 20.3 Å². The number of amides is 1. The van der Waals surface area contributed by atoms with Crippen LogP contribution in [0.4, 0.5) is 0 Å². The Morgan fingerprint density at radius 2 is 1.91 bits per heavy atom. The van der Waals surface area contributed by atoms with Crippen LogP contribution in [0.1, 0.15) is 50.5 Å². The number of nitrogens with zero attached hydrogens (tertiary/aromatic N) is 3. The van der Waals surface area contributed by atoms with E-state index >= 15 is 0 Å². The zero-order chi connectivity index (χ0) is 15.9. The number of carbonyl (C=O) groups excluding carboxylic acids is 1. The van der Waals surface area contributed by atoms with Gasteiger partial charge < -0.3 is 5.32 Å². The Kier molecular flexibility index (Phi) is 5.69. The van der Waals surface area contributed by atoms with Gasteiger partial charge >= 0.3 is 0 Å². The maximum absolute atomic E-state index is 12.2. The van der Waals surface area contributed by atoms with Crippen LogP contribution in [0.5, 0.6) is 0 Å². The number of benzene rings is 1. The van der Waals surface area contributed by atoms with Crippen molar-refractivity contribution in [2.45, 2.75) is 46.1 Å². The predicted octanol–water partition coefficient (Wildman–Crippen LogP) is 3.21. The van der Waals surface area contributed by atoms with E-state index in [1.165, 1.54) is 17.4 Å². The first-order valence-corrected chi connectivity index (χ1v) is 7.85. The molecule has 2 rings (SSSR count). The number of hydrogen-bond donors (Lipinski definition) is 1. The highest BCUT2D eigenvalue weighted by Crippen LogP contribution is 2.09. The molecule has 0 aliphatic carbocycles. The quantitative estimate of drug-likeness (QED) is 0.854. The molecule has 0 aliphatic heterocycles. The molecule has 2 aromatic rings. The molecule has 0 saturated heterocycles. The Morgan fingerprint density at radius 1 is 1.18 bits per heavy atom. The van der Waals surface area contributed by atoms with Crippen molar-refractivity contribution in [1.29, 1.82) is 0 Å². The van der Waals surface area contributed by atoms with Gasteiger partial charge in [-0.3, -0.25) is 4.79 Å². The minimum atomic E-state index is -0.167. The predicted molar refractivity (Wildman–Crippen MR) is 87.0 cm³/mol. The van der Waals surface area contributed by atoms with Crippen LogP contribution < -0.4 is 5.32 Å². The van der Waals surface area contributed by atoms with Crippen LogP contribution in [0.15, 0.2) is 36.5 Å². The molecule has 0 radical (unpaired) electrons. The minimum Gasteiger partial charge on any atom is -0.348 e. The average molecular weight is 300 g/mol. The molecular formula is C17H24N4O. The van der Waals surface area contributed by atoms with Gasteiger partial charge in [0.25, 0.3) is 5.91 Å². The first-order chi connectivity index (χ1) is 10.6. The van der Waals surface area contributed by atoms with Crippen molar-refractivity contribution in [3.8, 4) is 5.69 Å². The molecule has 1 atom stereocenters.